The predicted molar refractivity (Wildman–Crippen MR) is 57.7 cm³/mol. The van der Waals surface area contributed by atoms with E-state index in [1.807, 2.05) is 0 Å². The third kappa shape index (κ3) is 1.63. The minimum atomic E-state index is -0.326. The average molecular weight is 223 g/mol. The first-order chi connectivity index (χ1) is 7.72. The number of benzene rings is 1. The summed E-state index contributed by atoms with van der Waals surface area (Å²) in [6.07, 6.45) is 3.55. The van der Waals surface area contributed by atoms with E-state index in [0.717, 1.165) is 19.3 Å². The molecule has 86 valence electrons. The number of halogens is 1. The van der Waals surface area contributed by atoms with Crippen molar-refractivity contribution in [3.05, 3.63) is 24.0 Å². The van der Waals surface area contributed by atoms with Gasteiger partial charge in [-0.05, 0) is 25.0 Å². The van der Waals surface area contributed by atoms with E-state index < -0.39 is 0 Å². The molecular weight excluding hydrogens is 209 g/mol. The molecule has 0 spiro atoms. The quantitative estimate of drug-likeness (QED) is 0.781. The van der Waals surface area contributed by atoms with Crippen LogP contribution in [0.15, 0.2) is 18.2 Å². The van der Waals surface area contributed by atoms with Crippen LogP contribution in [0.4, 0.5) is 10.1 Å². The molecule has 0 aromatic heterocycles. The van der Waals surface area contributed by atoms with E-state index in [9.17, 15) is 4.39 Å². The van der Waals surface area contributed by atoms with Crippen LogP contribution in [0.3, 0.4) is 0 Å². The molecule has 3 rings (SSSR count). The second kappa shape index (κ2) is 3.63. The molecule has 2 N–H and O–H groups in total. The second-order valence-corrected chi connectivity index (χ2v) is 4.45. The van der Waals surface area contributed by atoms with Gasteiger partial charge in [0, 0.05) is 12.5 Å². The molecule has 0 saturated carbocycles. The standard InChI is InChI=1S/C12H14FNO2/c13-7-1-3-9(14)11(5-7)16-12-6-8-2-4-10(12)15-8/h1,3,5,8,10,12H,2,4,6,14H2/t8-,10+,12+/m0/s1. The van der Waals surface area contributed by atoms with Crippen LogP contribution < -0.4 is 10.5 Å². The molecule has 2 saturated heterocycles. The van der Waals surface area contributed by atoms with E-state index in [1.54, 1.807) is 0 Å². The van der Waals surface area contributed by atoms with Crippen LogP contribution in [0, 0.1) is 5.82 Å². The number of anilines is 1. The molecule has 3 nitrogen and oxygen atoms in total. The Morgan fingerprint density at radius 2 is 2.25 bits per heavy atom. The maximum atomic E-state index is 13.0. The van der Waals surface area contributed by atoms with Gasteiger partial charge in [-0.3, -0.25) is 0 Å². The Kier molecular flexibility index (Phi) is 2.24. The molecule has 0 aliphatic carbocycles. The summed E-state index contributed by atoms with van der Waals surface area (Å²) in [4.78, 5) is 0. The van der Waals surface area contributed by atoms with Crippen molar-refractivity contribution in [2.24, 2.45) is 0 Å². The lowest BCUT2D eigenvalue weighted by Gasteiger charge is -2.21. The van der Waals surface area contributed by atoms with Gasteiger partial charge in [0.25, 0.3) is 0 Å². The smallest absolute Gasteiger partial charge is 0.145 e. The van der Waals surface area contributed by atoms with Gasteiger partial charge in [0.05, 0.1) is 17.9 Å². The van der Waals surface area contributed by atoms with Crippen LogP contribution in [-0.2, 0) is 4.74 Å². The molecule has 1 aromatic rings. The van der Waals surface area contributed by atoms with Gasteiger partial charge >= 0.3 is 0 Å². The first-order valence-corrected chi connectivity index (χ1v) is 5.59. The van der Waals surface area contributed by atoms with Crippen molar-refractivity contribution < 1.29 is 13.9 Å². The third-order valence-corrected chi connectivity index (χ3v) is 3.30. The highest BCUT2D eigenvalue weighted by molar-refractivity contribution is 5.52. The van der Waals surface area contributed by atoms with Crippen molar-refractivity contribution in [1.82, 2.24) is 0 Å². The molecule has 2 aliphatic heterocycles. The minimum absolute atomic E-state index is 0.0304. The van der Waals surface area contributed by atoms with Crippen LogP contribution in [0.5, 0.6) is 5.75 Å². The van der Waals surface area contributed by atoms with Crippen LogP contribution in [0.25, 0.3) is 0 Å². The van der Waals surface area contributed by atoms with Crippen LogP contribution in [0.2, 0.25) is 0 Å². The fraction of sp³-hybridized carbons (Fsp3) is 0.500. The Balaban J connectivity index is 1.76. The van der Waals surface area contributed by atoms with Gasteiger partial charge in [0.2, 0.25) is 0 Å². The Morgan fingerprint density at radius 3 is 2.94 bits per heavy atom. The Morgan fingerprint density at radius 1 is 1.38 bits per heavy atom. The van der Waals surface area contributed by atoms with E-state index in [2.05, 4.69) is 0 Å². The van der Waals surface area contributed by atoms with Crippen LogP contribution >= 0.6 is 0 Å². The summed E-state index contributed by atoms with van der Waals surface area (Å²) < 4.78 is 24.4. The molecule has 2 bridgehead atoms. The van der Waals surface area contributed by atoms with Gasteiger partial charge in [-0.2, -0.15) is 0 Å². The van der Waals surface area contributed by atoms with Gasteiger partial charge in [0.15, 0.2) is 0 Å². The summed E-state index contributed by atoms with van der Waals surface area (Å²) in [5.41, 5.74) is 6.21. The summed E-state index contributed by atoms with van der Waals surface area (Å²) in [6, 6.07) is 4.19. The zero-order valence-corrected chi connectivity index (χ0v) is 8.86. The zero-order valence-electron chi connectivity index (χ0n) is 8.86. The third-order valence-electron chi connectivity index (χ3n) is 3.30. The molecule has 4 heteroatoms. The second-order valence-electron chi connectivity index (χ2n) is 4.45. The van der Waals surface area contributed by atoms with Crippen molar-refractivity contribution in [3.8, 4) is 5.75 Å². The van der Waals surface area contributed by atoms with Crippen LogP contribution in [-0.4, -0.2) is 18.3 Å². The molecular formula is C12H14FNO2. The Bertz CT molecular complexity index is 410. The number of rotatable bonds is 2. The van der Waals surface area contributed by atoms with Crippen LogP contribution in [0.1, 0.15) is 19.3 Å². The highest BCUT2D eigenvalue weighted by atomic mass is 19.1. The van der Waals surface area contributed by atoms with Gasteiger partial charge in [0.1, 0.15) is 17.7 Å². The number of nitrogens with two attached hydrogens (primary N) is 1. The number of hydrogen-bond acceptors (Lipinski definition) is 3. The lowest BCUT2D eigenvalue weighted by atomic mass is 9.98. The van der Waals surface area contributed by atoms with E-state index in [1.165, 1.54) is 18.2 Å². The first kappa shape index (κ1) is 9.90. The first-order valence-electron chi connectivity index (χ1n) is 5.59. The maximum absolute atomic E-state index is 13.0. The fourth-order valence-corrected chi connectivity index (χ4v) is 2.49. The van der Waals surface area contributed by atoms with Crippen molar-refractivity contribution in [2.45, 2.75) is 37.6 Å². The lowest BCUT2D eigenvalue weighted by molar-refractivity contribution is 0.0642. The highest BCUT2D eigenvalue weighted by Gasteiger charge is 2.42. The maximum Gasteiger partial charge on any atom is 0.145 e. The predicted octanol–water partition coefficient (Wildman–Crippen LogP) is 2.11. The van der Waals surface area contributed by atoms with E-state index in [-0.39, 0.29) is 18.0 Å². The lowest BCUT2D eigenvalue weighted by Crippen LogP contribution is -2.28. The van der Waals surface area contributed by atoms with Gasteiger partial charge in [-0.25, -0.2) is 4.39 Å². The summed E-state index contributed by atoms with van der Waals surface area (Å²) in [6.45, 7) is 0. The molecule has 16 heavy (non-hydrogen) atoms. The van der Waals surface area contributed by atoms with Crippen molar-refractivity contribution in [1.29, 1.82) is 0 Å². The summed E-state index contributed by atoms with van der Waals surface area (Å²) in [5, 5.41) is 0. The Labute approximate surface area is 93.3 Å². The number of hydrogen-bond donors (Lipinski definition) is 1. The van der Waals surface area contributed by atoms with Gasteiger partial charge < -0.3 is 15.2 Å². The molecule has 3 atom stereocenters. The topological polar surface area (TPSA) is 44.5 Å². The van der Waals surface area contributed by atoms with Crippen molar-refractivity contribution in [2.75, 3.05) is 5.73 Å². The van der Waals surface area contributed by atoms with E-state index in [4.69, 9.17) is 15.2 Å². The zero-order chi connectivity index (χ0) is 11.1. The monoisotopic (exact) mass is 223 g/mol. The highest BCUT2D eigenvalue weighted by Crippen LogP contribution is 2.37. The molecule has 0 unspecified atom stereocenters. The summed E-state index contributed by atoms with van der Waals surface area (Å²) in [7, 11) is 0. The molecule has 2 fully saturated rings. The normalized spacial score (nSPS) is 31.9. The SMILES string of the molecule is Nc1ccc(F)cc1O[C@@H]1C[C@@H]2CC[C@H]1O2. The molecule has 0 amide bonds. The van der Waals surface area contributed by atoms with Gasteiger partial charge in [-0.1, -0.05) is 0 Å². The Hall–Kier alpha value is -1.29. The molecule has 0 radical (unpaired) electrons. The van der Waals surface area contributed by atoms with E-state index >= 15 is 0 Å². The minimum Gasteiger partial charge on any atom is -0.485 e. The number of nitrogen functional groups attached to an aromatic ring is 1. The van der Waals surface area contributed by atoms with Gasteiger partial charge in [-0.15, -0.1) is 0 Å². The molecule has 1 aromatic carbocycles. The van der Waals surface area contributed by atoms with Crippen molar-refractivity contribution >= 4 is 5.69 Å². The molecule has 2 heterocycles. The molecule has 2 aliphatic rings. The average Bonchev–Trinajstić information content (AvgIpc) is 2.85. The van der Waals surface area contributed by atoms with Crippen molar-refractivity contribution in [3.63, 3.8) is 0 Å². The number of ether oxygens (including phenoxy) is 2. The van der Waals surface area contributed by atoms with E-state index in [0.29, 0.717) is 17.5 Å². The largest absolute Gasteiger partial charge is 0.485 e. The summed E-state index contributed by atoms with van der Waals surface area (Å²) >= 11 is 0. The summed E-state index contributed by atoms with van der Waals surface area (Å²) in [5.74, 6) is 0.106. The number of fused-ring (bicyclic) bond motifs is 2. The fourth-order valence-electron chi connectivity index (χ4n) is 2.49.